The van der Waals surface area contributed by atoms with Gasteiger partial charge in [-0.1, -0.05) is 35.0 Å². The lowest BCUT2D eigenvalue weighted by Crippen LogP contribution is -2.32. The van der Waals surface area contributed by atoms with E-state index in [1.807, 2.05) is 24.3 Å². The highest BCUT2D eigenvalue weighted by molar-refractivity contribution is 9.10. The first-order chi connectivity index (χ1) is 8.17. The maximum absolute atomic E-state index is 10.1. The highest BCUT2D eigenvalue weighted by Gasteiger charge is 2.12. The molecule has 96 valence electrons. The van der Waals surface area contributed by atoms with Crippen LogP contribution in [-0.4, -0.2) is 41.4 Å². The van der Waals surface area contributed by atoms with Crippen molar-refractivity contribution in [1.29, 1.82) is 0 Å². The van der Waals surface area contributed by atoms with Gasteiger partial charge in [0.15, 0.2) is 0 Å². The second kappa shape index (κ2) is 7.82. The number of halogens is 1. The third kappa shape index (κ3) is 5.17. The summed E-state index contributed by atoms with van der Waals surface area (Å²) in [5, 5.41) is 19.1. The van der Waals surface area contributed by atoms with Crippen LogP contribution in [-0.2, 0) is 0 Å². The van der Waals surface area contributed by atoms with Crippen molar-refractivity contribution in [3.63, 3.8) is 0 Å². The second-order valence-corrected chi connectivity index (χ2v) is 5.01. The van der Waals surface area contributed by atoms with E-state index in [0.29, 0.717) is 13.1 Å². The SMILES string of the molecule is CCCN(CCO)CC(O)c1cccc(Br)c1. The Hall–Kier alpha value is -0.420. The molecule has 1 atom stereocenters. The van der Waals surface area contributed by atoms with E-state index in [9.17, 15) is 5.11 Å². The number of aliphatic hydroxyl groups excluding tert-OH is 2. The van der Waals surface area contributed by atoms with Gasteiger partial charge in [-0.05, 0) is 30.7 Å². The van der Waals surface area contributed by atoms with Crippen LogP contribution in [0, 0.1) is 0 Å². The summed E-state index contributed by atoms with van der Waals surface area (Å²) in [5.74, 6) is 0. The van der Waals surface area contributed by atoms with Crippen molar-refractivity contribution in [2.45, 2.75) is 19.4 Å². The largest absolute Gasteiger partial charge is 0.395 e. The third-order valence-electron chi connectivity index (χ3n) is 2.62. The summed E-state index contributed by atoms with van der Waals surface area (Å²) in [7, 11) is 0. The molecule has 0 radical (unpaired) electrons. The Labute approximate surface area is 111 Å². The molecule has 0 heterocycles. The smallest absolute Gasteiger partial charge is 0.0917 e. The van der Waals surface area contributed by atoms with E-state index >= 15 is 0 Å². The fourth-order valence-electron chi connectivity index (χ4n) is 1.82. The van der Waals surface area contributed by atoms with Crippen molar-refractivity contribution in [3.05, 3.63) is 34.3 Å². The average Bonchev–Trinajstić information content (AvgIpc) is 2.29. The standard InChI is InChI=1S/C13H20BrNO2/c1-2-6-15(7-8-16)10-13(17)11-4-3-5-12(14)9-11/h3-5,9,13,16-17H,2,6-8,10H2,1H3. The Balaban J connectivity index is 2.59. The molecule has 2 N–H and O–H groups in total. The van der Waals surface area contributed by atoms with Crippen LogP contribution >= 0.6 is 15.9 Å². The summed E-state index contributed by atoms with van der Waals surface area (Å²) >= 11 is 3.39. The highest BCUT2D eigenvalue weighted by atomic mass is 79.9. The molecule has 0 saturated heterocycles. The van der Waals surface area contributed by atoms with E-state index < -0.39 is 6.10 Å². The van der Waals surface area contributed by atoms with E-state index in [1.54, 1.807) is 0 Å². The Morgan fingerprint density at radius 1 is 1.35 bits per heavy atom. The molecule has 0 aromatic heterocycles. The molecule has 17 heavy (non-hydrogen) atoms. The zero-order valence-corrected chi connectivity index (χ0v) is 11.7. The fourth-order valence-corrected chi connectivity index (χ4v) is 2.23. The molecule has 1 rings (SSSR count). The van der Waals surface area contributed by atoms with Gasteiger partial charge in [-0.3, -0.25) is 4.90 Å². The monoisotopic (exact) mass is 301 g/mol. The molecule has 0 fully saturated rings. The van der Waals surface area contributed by atoms with Gasteiger partial charge in [0.1, 0.15) is 0 Å². The molecule has 0 aliphatic heterocycles. The van der Waals surface area contributed by atoms with E-state index in [0.717, 1.165) is 23.0 Å². The summed E-state index contributed by atoms with van der Waals surface area (Å²) in [6.07, 6.45) is 0.510. The molecule has 4 heteroatoms. The van der Waals surface area contributed by atoms with Gasteiger partial charge in [0, 0.05) is 17.6 Å². The van der Waals surface area contributed by atoms with E-state index in [2.05, 4.69) is 27.8 Å². The summed E-state index contributed by atoms with van der Waals surface area (Å²) in [4.78, 5) is 2.07. The van der Waals surface area contributed by atoms with Crippen molar-refractivity contribution in [2.75, 3.05) is 26.2 Å². The lowest BCUT2D eigenvalue weighted by molar-refractivity contribution is 0.0998. The molecule has 1 unspecified atom stereocenters. The van der Waals surface area contributed by atoms with Gasteiger partial charge in [0.05, 0.1) is 12.7 Å². The maximum atomic E-state index is 10.1. The minimum absolute atomic E-state index is 0.130. The van der Waals surface area contributed by atoms with Crippen molar-refractivity contribution >= 4 is 15.9 Å². The van der Waals surface area contributed by atoms with Gasteiger partial charge >= 0.3 is 0 Å². The molecule has 3 nitrogen and oxygen atoms in total. The highest BCUT2D eigenvalue weighted by Crippen LogP contribution is 2.19. The predicted molar refractivity (Wildman–Crippen MR) is 72.9 cm³/mol. The Morgan fingerprint density at radius 3 is 2.71 bits per heavy atom. The van der Waals surface area contributed by atoms with Crippen LogP contribution < -0.4 is 0 Å². The van der Waals surface area contributed by atoms with Crippen LogP contribution in [0.2, 0.25) is 0 Å². The molecule has 0 bridgehead atoms. The zero-order valence-electron chi connectivity index (χ0n) is 10.1. The molecule has 0 saturated carbocycles. The molecule has 0 spiro atoms. The molecule has 0 amide bonds. The molecule has 0 aliphatic carbocycles. The number of hydrogen-bond acceptors (Lipinski definition) is 3. The Kier molecular flexibility index (Phi) is 6.73. The number of nitrogens with zero attached hydrogens (tertiary/aromatic N) is 1. The van der Waals surface area contributed by atoms with Crippen LogP contribution in [0.3, 0.4) is 0 Å². The predicted octanol–water partition coefficient (Wildman–Crippen LogP) is 2.19. The third-order valence-corrected chi connectivity index (χ3v) is 3.11. The lowest BCUT2D eigenvalue weighted by Gasteiger charge is -2.24. The Morgan fingerprint density at radius 2 is 2.12 bits per heavy atom. The summed E-state index contributed by atoms with van der Waals surface area (Å²) in [5.41, 5.74) is 0.901. The van der Waals surface area contributed by atoms with Crippen LogP contribution in [0.15, 0.2) is 28.7 Å². The number of rotatable bonds is 7. The summed E-state index contributed by atoms with van der Waals surface area (Å²) < 4.78 is 0.971. The topological polar surface area (TPSA) is 43.7 Å². The zero-order chi connectivity index (χ0) is 12.7. The molecule has 1 aromatic carbocycles. The van der Waals surface area contributed by atoms with Gasteiger partial charge in [-0.25, -0.2) is 0 Å². The molecular formula is C13H20BrNO2. The first-order valence-electron chi connectivity index (χ1n) is 5.94. The van der Waals surface area contributed by atoms with Gasteiger partial charge in [0.2, 0.25) is 0 Å². The van der Waals surface area contributed by atoms with Crippen LogP contribution in [0.5, 0.6) is 0 Å². The van der Waals surface area contributed by atoms with E-state index in [-0.39, 0.29) is 6.61 Å². The molecule has 0 aliphatic rings. The summed E-state index contributed by atoms with van der Waals surface area (Å²) in [6, 6.07) is 7.69. The molecular weight excluding hydrogens is 282 g/mol. The van der Waals surface area contributed by atoms with Crippen molar-refractivity contribution < 1.29 is 10.2 Å². The number of aliphatic hydroxyl groups is 2. The normalized spacial score (nSPS) is 13.0. The van der Waals surface area contributed by atoms with E-state index in [4.69, 9.17) is 5.11 Å². The average molecular weight is 302 g/mol. The maximum Gasteiger partial charge on any atom is 0.0917 e. The van der Waals surface area contributed by atoms with Crippen LogP contribution in [0.1, 0.15) is 25.0 Å². The van der Waals surface area contributed by atoms with Gasteiger partial charge < -0.3 is 10.2 Å². The first kappa shape index (κ1) is 14.6. The number of benzene rings is 1. The fraction of sp³-hybridized carbons (Fsp3) is 0.538. The van der Waals surface area contributed by atoms with Crippen LogP contribution in [0.4, 0.5) is 0 Å². The van der Waals surface area contributed by atoms with Gasteiger partial charge in [0.25, 0.3) is 0 Å². The van der Waals surface area contributed by atoms with Gasteiger partial charge in [-0.15, -0.1) is 0 Å². The molecule has 1 aromatic rings. The van der Waals surface area contributed by atoms with Gasteiger partial charge in [-0.2, -0.15) is 0 Å². The minimum Gasteiger partial charge on any atom is -0.395 e. The first-order valence-corrected chi connectivity index (χ1v) is 6.73. The summed E-state index contributed by atoms with van der Waals surface area (Å²) in [6.45, 7) is 4.29. The van der Waals surface area contributed by atoms with Crippen LogP contribution in [0.25, 0.3) is 0 Å². The lowest BCUT2D eigenvalue weighted by atomic mass is 10.1. The minimum atomic E-state index is -0.509. The second-order valence-electron chi connectivity index (χ2n) is 4.10. The quantitative estimate of drug-likeness (QED) is 0.811. The van der Waals surface area contributed by atoms with Crippen molar-refractivity contribution in [2.24, 2.45) is 0 Å². The van der Waals surface area contributed by atoms with Crippen molar-refractivity contribution in [1.82, 2.24) is 4.90 Å². The number of hydrogen-bond donors (Lipinski definition) is 2. The van der Waals surface area contributed by atoms with Crippen molar-refractivity contribution in [3.8, 4) is 0 Å². The Bertz CT molecular complexity index is 327. The van der Waals surface area contributed by atoms with E-state index in [1.165, 1.54) is 0 Å².